The first-order chi connectivity index (χ1) is 13.3. The minimum atomic E-state index is -3.57. The van der Waals surface area contributed by atoms with E-state index in [2.05, 4.69) is 19.1 Å². The highest BCUT2D eigenvalue weighted by atomic mass is 31.2. The molecule has 4 nitrogen and oxygen atoms in total. The van der Waals surface area contributed by atoms with Crippen LogP contribution in [0.15, 0.2) is 12.2 Å². The molecule has 0 heterocycles. The van der Waals surface area contributed by atoms with Crippen LogP contribution in [0.4, 0.5) is 0 Å². The molecule has 0 aliphatic rings. The Kier molecular flexibility index (Phi) is 16.5. The Balaban J connectivity index is 3.72. The van der Waals surface area contributed by atoms with Crippen LogP contribution in [0.1, 0.15) is 104 Å². The molecule has 0 bridgehead atoms. The first-order valence-corrected chi connectivity index (χ1v) is 13.3. The maximum absolute atomic E-state index is 12.6. The summed E-state index contributed by atoms with van der Waals surface area (Å²) in [6, 6.07) is 0. The Bertz CT molecular complexity index is 432. The average Bonchev–Trinajstić information content (AvgIpc) is 2.61. The minimum Gasteiger partial charge on any atom is -0.320 e. The smallest absolute Gasteiger partial charge is 0.320 e. The summed E-state index contributed by atoms with van der Waals surface area (Å²) in [5.74, 6) is -0.343. The zero-order valence-electron chi connectivity index (χ0n) is 19.5. The molecule has 0 spiro atoms. The molecule has 28 heavy (non-hydrogen) atoms. The standard InChI is InChI=1S/C23H48NO3P/c1-6-8-9-10-11-12-13-14-15-16-17-18-19-20-22-27-28(25,26)23(21-7-2)24(3,4)5/h16-17,23H,6-15,18-22H2,1-5H3/p+1/b17-16-. The number of rotatable bonds is 19. The molecule has 0 aromatic carbocycles. The molecule has 0 saturated carbocycles. The Hall–Kier alpha value is -0.150. The molecule has 0 radical (unpaired) electrons. The summed E-state index contributed by atoms with van der Waals surface area (Å²) < 4.78 is 18.5. The fourth-order valence-corrected chi connectivity index (χ4v) is 5.55. The van der Waals surface area contributed by atoms with Crippen LogP contribution >= 0.6 is 7.60 Å². The quantitative estimate of drug-likeness (QED) is 0.104. The molecule has 1 N–H and O–H groups in total. The van der Waals surface area contributed by atoms with Crippen LogP contribution in [0.3, 0.4) is 0 Å². The summed E-state index contributed by atoms with van der Waals surface area (Å²) in [6.07, 6.45) is 21.1. The number of nitrogens with zero attached hydrogens (tertiary/aromatic N) is 1. The molecule has 2 atom stereocenters. The van der Waals surface area contributed by atoms with Gasteiger partial charge in [0, 0.05) is 6.42 Å². The van der Waals surface area contributed by atoms with Crippen molar-refractivity contribution in [2.75, 3.05) is 27.7 Å². The minimum absolute atomic E-state index is 0.343. The number of allylic oxidation sites excluding steroid dienone is 2. The molecule has 0 aromatic rings. The van der Waals surface area contributed by atoms with Crippen LogP contribution in [-0.4, -0.2) is 42.9 Å². The van der Waals surface area contributed by atoms with Gasteiger partial charge in [0.1, 0.15) is 0 Å². The first kappa shape index (κ1) is 27.8. The van der Waals surface area contributed by atoms with Gasteiger partial charge < -0.3 is 13.9 Å². The fourth-order valence-electron chi connectivity index (χ4n) is 3.52. The van der Waals surface area contributed by atoms with E-state index in [1.807, 2.05) is 28.1 Å². The van der Waals surface area contributed by atoms with Gasteiger partial charge in [0.2, 0.25) is 0 Å². The van der Waals surface area contributed by atoms with Crippen molar-refractivity contribution in [2.45, 2.75) is 110 Å². The Morgan fingerprint density at radius 1 is 0.821 bits per heavy atom. The number of unbranched alkanes of at least 4 members (excludes halogenated alkanes) is 10. The number of hydrogen-bond acceptors (Lipinski definition) is 2. The lowest BCUT2D eigenvalue weighted by atomic mass is 10.1. The molecular formula is C23H49NO3P+. The molecule has 0 aromatic heterocycles. The zero-order chi connectivity index (χ0) is 21.3. The van der Waals surface area contributed by atoms with E-state index < -0.39 is 7.60 Å². The van der Waals surface area contributed by atoms with Gasteiger partial charge >= 0.3 is 7.60 Å². The van der Waals surface area contributed by atoms with Gasteiger partial charge in [0.05, 0.1) is 27.7 Å². The lowest BCUT2D eigenvalue weighted by molar-refractivity contribution is -0.883. The van der Waals surface area contributed by atoms with Crippen molar-refractivity contribution in [2.24, 2.45) is 0 Å². The van der Waals surface area contributed by atoms with E-state index in [4.69, 9.17) is 4.52 Å². The van der Waals surface area contributed by atoms with E-state index in [0.29, 0.717) is 17.5 Å². The lowest BCUT2D eigenvalue weighted by Gasteiger charge is -2.35. The molecule has 0 aliphatic heterocycles. The molecule has 2 unspecified atom stereocenters. The Morgan fingerprint density at radius 3 is 1.82 bits per heavy atom. The average molecular weight is 419 g/mol. The van der Waals surface area contributed by atoms with Crippen molar-refractivity contribution in [3.8, 4) is 0 Å². The predicted molar refractivity (Wildman–Crippen MR) is 123 cm³/mol. The zero-order valence-corrected chi connectivity index (χ0v) is 20.4. The van der Waals surface area contributed by atoms with Gasteiger partial charge in [0.15, 0.2) is 5.78 Å². The first-order valence-electron chi connectivity index (χ1n) is 11.7. The van der Waals surface area contributed by atoms with Crippen LogP contribution in [0.2, 0.25) is 0 Å². The highest BCUT2D eigenvalue weighted by Gasteiger charge is 2.41. The van der Waals surface area contributed by atoms with E-state index in [1.54, 1.807) is 0 Å². The van der Waals surface area contributed by atoms with Gasteiger partial charge in [-0.05, 0) is 38.5 Å². The molecule has 0 amide bonds. The summed E-state index contributed by atoms with van der Waals surface area (Å²) in [6.45, 7) is 4.68. The predicted octanol–water partition coefficient (Wildman–Crippen LogP) is 7.28. The summed E-state index contributed by atoms with van der Waals surface area (Å²) in [4.78, 5) is 10.3. The highest BCUT2D eigenvalue weighted by Crippen LogP contribution is 2.51. The lowest BCUT2D eigenvalue weighted by Crippen LogP contribution is -2.45. The van der Waals surface area contributed by atoms with Crippen molar-refractivity contribution in [1.29, 1.82) is 0 Å². The molecule has 0 rings (SSSR count). The monoisotopic (exact) mass is 418 g/mol. The highest BCUT2D eigenvalue weighted by molar-refractivity contribution is 7.53. The van der Waals surface area contributed by atoms with Gasteiger partial charge in [-0.25, -0.2) is 0 Å². The maximum atomic E-state index is 12.6. The third-order valence-electron chi connectivity index (χ3n) is 5.25. The van der Waals surface area contributed by atoms with E-state index in [9.17, 15) is 9.46 Å². The third kappa shape index (κ3) is 14.8. The van der Waals surface area contributed by atoms with E-state index in [1.165, 1.54) is 57.8 Å². The summed E-state index contributed by atoms with van der Waals surface area (Å²) >= 11 is 0. The SMILES string of the molecule is CCCCCCCCCC/C=C\CCCCOP(=O)(O)C(CCC)[N+](C)(C)C. The number of quaternary nitrogens is 1. The molecule has 0 fully saturated rings. The molecule has 168 valence electrons. The van der Waals surface area contributed by atoms with Crippen LogP contribution in [0.5, 0.6) is 0 Å². The van der Waals surface area contributed by atoms with Gasteiger partial charge in [-0.2, -0.15) is 0 Å². The van der Waals surface area contributed by atoms with Gasteiger partial charge in [0.25, 0.3) is 0 Å². The van der Waals surface area contributed by atoms with Crippen LogP contribution < -0.4 is 0 Å². The molecular weight excluding hydrogens is 369 g/mol. The molecule has 0 aliphatic carbocycles. The summed E-state index contributed by atoms with van der Waals surface area (Å²) in [7, 11) is 2.31. The van der Waals surface area contributed by atoms with Crippen LogP contribution in [-0.2, 0) is 9.09 Å². The van der Waals surface area contributed by atoms with Crippen molar-refractivity contribution >= 4 is 7.60 Å². The molecule has 5 heteroatoms. The van der Waals surface area contributed by atoms with E-state index >= 15 is 0 Å². The second kappa shape index (κ2) is 16.6. The normalized spacial score (nSPS) is 15.8. The largest absolute Gasteiger partial charge is 0.385 e. The summed E-state index contributed by atoms with van der Waals surface area (Å²) in [5, 5.41) is 0. The van der Waals surface area contributed by atoms with Crippen molar-refractivity contribution in [3.05, 3.63) is 12.2 Å². The second-order valence-corrected chi connectivity index (χ2v) is 11.0. The van der Waals surface area contributed by atoms with E-state index in [0.717, 1.165) is 25.7 Å². The van der Waals surface area contributed by atoms with Crippen LogP contribution in [0.25, 0.3) is 0 Å². The summed E-state index contributed by atoms with van der Waals surface area (Å²) in [5.41, 5.74) is 0. The Labute approximate surface area is 175 Å². The fraction of sp³-hybridized carbons (Fsp3) is 0.913. The topological polar surface area (TPSA) is 46.5 Å². The van der Waals surface area contributed by atoms with Crippen molar-refractivity contribution < 1.29 is 18.5 Å². The van der Waals surface area contributed by atoms with Crippen LogP contribution in [0, 0.1) is 0 Å². The third-order valence-corrected chi connectivity index (χ3v) is 7.51. The Morgan fingerprint density at radius 2 is 1.32 bits per heavy atom. The van der Waals surface area contributed by atoms with Crippen molar-refractivity contribution in [1.82, 2.24) is 0 Å². The molecule has 0 saturated heterocycles. The second-order valence-electron chi connectivity index (χ2n) is 9.01. The maximum Gasteiger partial charge on any atom is 0.385 e. The van der Waals surface area contributed by atoms with Gasteiger partial charge in [-0.3, -0.25) is 4.57 Å². The van der Waals surface area contributed by atoms with E-state index in [-0.39, 0.29) is 5.78 Å². The van der Waals surface area contributed by atoms with Crippen molar-refractivity contribution in [3.63, 3.8) is 0 Å². The van der Waals surface area contributed by atoms with Gasteiger partial charge in [-0.15, -0.1) is 0 Å². The van der Waals surface area contributed by atoms with Gasteiger partial charge in [-0.1, -0.05) is 70.9 Å². The number of hydrogen-bond donors (Lipinski definition) is 1.